The van der Waals surface area contributed by atoms with E-state index in [9.17, 15) is 0 Å². The Bertz CT molecular complexity index is 552. The Kier molecular flexibility index (Phi) is 3.72. The molecule has 1 aromatic heterocycles. The Morgan fingerprint density at radius 2 is 2.06 bits per heavy atom. The van der Waals surface area contributed by atoms with Crippen LogP contribution in [-0.2, 0) is 6.42 Å². The number of anilines is 1. The second-order valence-electron chi connectivity index (χ2n) is 3.74. The maximum Gasteiger partial charge on any atom is 0.132 e. The minimum absolute atomic E-state index is 0.717. The first-order chi connectivity index (χ1) is 8.69. The molecule has 0 amide bonds. The zero-order valence-electron chi connectivity index (χ0n) is 10.7. The number of rotatable bonds is 4. The van der Waals surface area contributed by atoms with Gasteiger partial charge >= 0.3 is 0 Å². The monoisotopic (exact) mass is 264 g/mol. The first-order valence-corrected chi connectivity index (χ1v) is 6.48. The number of nitrogens with zero attached hydrogens (tertiary/aromatic N) is 1. The summed E-state index contributed by atoms with van der Waals surface area (Å²) in [4.78, 5) is 4.54. The molecule has 18 heavy (non-hydrogen) atoms. The summed E-state index contributed by atoms with van der Waals surface area (Å²) in [6.45, 7) is 2.06. The van der Waals surface area contributed by atoms with Crippen molar-refractivity contribution in [2.75, 3.05) is 20.0 Å². The predicted octanol–water partition coefficient (Wildman–Crippen LogP) is 2.97. The third-order valence-electron chi connectivity index (χ3n) is 2.66. The van der Waals surface area contributed by atoms with Gasteiger partial charge in [-0.25, -0.2) is 4.98 Å². The van der Waals surface area contributed by atoms with Crippen LogP contribution in [0.4, 0.5) is 5.00 Å². The smallest absolute Gasteiger partial charge is 0.132 e. The van der Waals surface area contributed by atoms with Gasteiger partial charge in [0.25, 0.3) is 0 Å². The first kappa shape index (κ1) is 12.7. The van der Waals surface area contributed by atoms with Crippen molar-refractivity contribution >= 4 is 16.3 Å². The Morgan fingerprint density at radius 3 is 2.61 bits per heavy atom. The van der Waals surface area contributed by atoms with Crippen molar-refractivity contribution in [3.63, 3.8) is 0 Å². The van der Waals surface area contributed by atoms with Crippen molar-refractivity contribution in [3.05, 3.63) is 23.2 Å². The van der Waals surface area contributed by atoms with Gasteiger partial charge in [0.05, 0.1) is 19.2 Å². The number of aromatic nitrogens is 1. The molecule has 0 radical (unpaired) electrons. The third kappa shape index (κ3) is 2.26. The van der Waals surface area contributed by atoms with E-state index in [0.29, 0.717) is 5.75 Å². The SMILES string of the molecule is CCc1nc(-c2ccc(OC)cc2OC)c(N)s1. The minimum atomic E-state index is 0.717. The molecule has 0 saturated heterocycles. The van der Waals surface area contributed by atoms with Crippen molar-refractivity contribution in [2.24, 2.45) is 0 Å². The zero-order chi connectivity index (χ0) is 13.1. The number of thiazole rings is 1. The van der Waals surface area contributed by atoms with Gasteiger partial charge in [-0.3, -0.25) is 0 Å². The van der Waals surface area contributed by atoms with Crippen LogP contribution in [0, 0.1) is 0 Å². The van der Waals surface area contributed by atoms with Gasteiger partial charge in [0.1, 0.15) is 22.2 Å². The molecule has 0 spiro atoms. The fourth-order valence-electron chi connectivity index (χ4n) is 1.72. The van der Waals surface area contributed by atoms with E-state index in [1.807, 2.05) is 18.2 Å². The lowest BCUT2D eigenvalue weighted by Gasteiger charge is -2.09. The van der Waals surface area contributed by atoms with Crippen LogP contribution in [0.25, 0.3) is 11.3 Å². The number of nitrogen functional groups attached to an aromatic ring is 1. The van der Waals surface area contributed by atoms with Crippen LogP contribution in [0.15, 0.2) is 18.2 Å². The summed E-state index contributed by atoms with van der Waals surface area (Å²) in [7, 11) is 3.25. The molecule has 0 aliphatic heterocycles. The summed E-state index contributed by atoms with van der Waals surface area (Å²) in [5, 5.41) is 1.75. The van der Waals surface area contributed by atoms with Crippen molar-refractivity contribution in [1.29, 1.82) is 0 Å². The van der Waals surface area contributed by atoms with Crippen LogP contribution >= 0.6 is 11.3 Å². The molecule has 2 rings (SSSR count). The van der Waals surface area contributed by atoms with Crippen molar-refractivity contribution in [3.8, 4) is 22.8 Å². The molecule has 5 heteroatoms. The Hall–Kier alpha value is -1.75. The quantitative estimate of drug-likeness (QED) is 0.922. The number of methoxy groups -OCH3 is 2. The number of ether oxygens (including phenoxy) is 2. The lowest BCUT2D eigenvalue weighted by Crippen LogP contribution is -1.93. The number of nitrogens with two attached hydrogens (primary N) is 1. The molecule has 0 bridgehead atoms. The second-order valence-corrected chi connectivity index (χ2v) is 4.86. The van der Waals surface area contributed by atoms with E-state index in [1.54, 1.807) is 14.2 Å². The summed E-state index contributed by atoms with van der Waals surface area (Å²) >= 11 is 1.52. The molecule has 0 saturated carbocycles. The van der Waals surface area contributed by atoms with E-state index in [1.165, 1.54) is 11.3 Å². The standard InChI is InChI=1S/C13H16N2O2S/c1-4-11-15-12(13(14)18-11)9-6-5-8(16-2)7-10(9)17-3/h5-7H,4,14H2,1-3H3. The normalized spacial score (nSPS) is 10.4. The highest BCUT2D eigenvalue weighted by Gasteiger charge is 2.14. The van der Waals surface area contributed by atoms with Crippen LogP contribution in [0.3, 0.4) is 0 Å². The fourth-order valence-corrected chi connectivity index (χ4v) is 2.50. The number of benzene rings is 1. The van der Waals surface area contributed by atoms with Crippen molar-refractivity contribution < 1.29 is 9.47 Å². The van der Waals surface area contributed by atoms with E-state index in [0.717, 1.165) is 33.4 Å². The van der Waals surface area contributed by atoms with E-state index >= 15 is 0 Å². The summed E-state index contributed by atoms with van der Waals surface area (Å²) in [6.07, 6.45) is 0.882. The minimum Gasteiger partial charge on any atom is -0.497 e. The highest BCUT2D eigenvalue weighted by molar-refractivity contribution is 7.16. The first-order valence-electron chi connectivity index (χ1n) is 5.67. The van der Waals surface area contributed by atoms with Gasteiger partial charge < -0.3 is 15.2 Å². The van der Waals surface area contributed by atoms with Gasteiger partial charge in [0.15, 0.2) is 0 Å². The molecule has 0 fully saturated rings. The Balaban J connectivity index is 2.52. The number of aryl methyl sites for hydroxylation is 1. The second kappa shape index (κ2) is 5.27. The molecule has 1 aromatic carbocycles. The Labute approximate surface area is 110 Å². The lowest BCUT2D eigenvalue weighted by atomic mass is 10.1. The van der Waals surface area contributed by atoms with Gasteiger partial charge in [-0.15, -0.1) is 11.3 Å². The number of hydrogen-bond acceptors (Lipinski definition) is 5. The molecule has 2 N–H and O–H groups in total. The molecular weight excluding hydrogens is 248 g/mol. The van der Waals surface area contributed by atoms with E-state index in [2.05, 4.69) is 11.9 Å². The maximum atomic E-state index is 6.01. The van der Waals surface area contributed by atoms with Crippen LogP contribution in [0.5, 0.6) is 11.5 Å². The molecule has 1 heterocycles. The van der Waals surface area contributed by atoms with Gasteiger partial charge in [-0.2, -0.15) is 0 Å². The highest BCUT2D eigenvalue weighted by atomic mass is 32.1. The van der Waals surface area contributed by atoms with Gasteiger partial charge in [0, 0.05) is 11.6 Å². The van der Waals surface area contributed by atoms with Crippen LogP contribution in [0.1, 0.15) is 11.9 Å². The van der Waals surface area contributed by atoms with Gasteiger partial charge in [0.2, 0.25) is 0 Å². The maximum absolute atomic E-state index is 6.01. The predicted molar refractivity (Wildman–Crippen MR) is 74.4 cm³/mol. The largest absolute Gasteiger partial charge is 0.497 e. The zero-order valence-corrected chi connectivity index (χ0v) is 11.5. The van der Waals surface area contributed by atoms with E-state index in [4.69, 9.17) is 15.2 Å². The highest BCUT2D eigenvalue weighted by Crippen LogP contribution is 2.38. The summed E-state index contributed by atoms with van der Waals surface area (Å²) < 4.78 is 10.5. The average molecular weight is 264 g/mol. The van der Waals surface area contributed by atoms with Gasteiger partial charge in [-0.1, -0.05) is 6.92 Å². The van der Waals surface area contributed by atoms with E-state index < -0.39 is 0 Å². The molecule has 0 atom stereocenters. The van der Waals surface area contributed by atoms with Gasteiger partial charge in [-0.05, 0) is 18.6 Å². The molecule has 2 aromatic rings. The molecule has 0 unspecified atom stereocenters. The third-order valence-corrected chi connectivity index (χ3v) is 3.69. The topological polar surface area (TPSA) is 57.4 Å². The Morgan fingerprint density at radius 1 is 1.28 bits per heavy atom. The van der Waals surface area contributed by atoms with Crippen molar-refractivity contribution in [2.45, 2.75) is 13.3 Å². The molecule has 0 aliphatic rings. The fraction of sp³-hybridized carbons (Fsp3) is 0.308. The summed E-state index contributed by atoms with van der Waals surface area (Å²) in [6, 6.07) is 5.63. The lowest BCUT2D eigenvalue weighted by molar-refractivity contribution is 0.395. The molecule has 4 nitrogen and oxygen atoms in total. The number of hydrogen-bond donors (Lipinski definition) is 1. The van der Waals surface area contributed by atoms with Crippen LogP contribution < -0.4 is 15.2 Å². The molecule has 0 aliphatic carbocycles. The average Bonchev–Trinajstić information content (AvgIpc) is 2.79. The van der Waals surface area contributed by atoms with E-state index in [-0.39, 0.29) is 0 Å². The molecular formula is C13H16N2O2S. The summed E-state index contributed by atoms with van der Waals surface area (Å²) in [5.41, 5.74) is 7.70. The molecule has 96 valence electrons. The van der Waals surface area contributed by atoms with Crippen LogP contribution in [0.2, 0.25) is 0 Å². The van der Waals surface area contributed by atoms with Crippen LogP contribution in [-0.4, -0.2) is 19.2 Å². The van der Waals surface area contributed by atoms with Crippen molar-refractivity contribution in [1.82, 2.24) is 4.98 Å². The summed E-state index contributed by atoms with van der Waals surface area (Å²) in [5.74, 6) is 1.47.